The first-order valence-corrected chi connectivity index (χ1v) is 9.59. The Bertz CT molecular complexity index is 704. The molecule has 0 bridgehead atoms. The molecule has 0 unspecified atom stereocenters. The Kier molecular flexibility index (Phi) is 5.63. The topological polar surface area (TPSA) is 76.2 Å². The van der Waals surface area contributed by atoms with Gasteiger partial charge in [0.1, 0.15) is 16.6 Å². The zero-order valence-corrected chi connectivity index (χ0v) is 16.2. The fraction of sp³-hybridized carbons (Fsp3) is 0.588. The summed E-state index contributed by atoms with van der Waals surface area (Å²) in [6.07, 6.45) is -0.475. The van der Waals surface area contributed by atoms with Crippen LogP contribution in [0.1, 0.15) is 26.3 Å². The Labute approximate surface area is 149 Å². The number of methoxy groups -OCH3 is 1. The molecule has 0 atom stereocenters. The van der Waals surface area contributed by atoms with Crippen LogP contribution in [0.2, 0.25) is 0 Å². The molecule has 7 nitrogen and oxygen atoms in total. The number of carbonyl (C=O) groups excluding carboxylic acids is 1. The van der Waals surface area contributed by atoms with Gasteiger partial charge >= 0.3 is 6.09 Å². The number of hydrogen-bond donors (Lipinski definition) is 0. The fourth-order valence-corrected chi connectivity index (χ4v) is 4.01. The Balaban J connectivity index is 1.92. The monoisotopic (exact) mass is 370 g/mol. The maximum absolute atomic E-state index is 12.6. The summed E-state index contributed by atoms with van der Waals surface area (Å²) in [4.78, 5) is 13.3. The molecule has 0 aromatic heterocycles. The standard InChI is InChI=1S/C17H26N2O5S/c1-17(2,3)24-16(20)19-11-15(12-19)25(21,22)18(4)10-13-6-8-14(23-5)9-7-13/h6-9,15H,10-12H2,1-5H3. The van der Waals surface area contributed by atoms with E-state index in [0.717, 1.165) is 11.3 Å². The van der Waals surface area contributed by atoms with E-state index >= 15 is 0 Å². The van der Waals surface area contributed by atoms with Gasteiger partial charge in [-0.25, -0.2) is 17.5 Å². The van der Waals surface area contributed by atoms with Crippen LogP contribution in [-0.4, -0.2) is 61.8 Å². The van der Waals surface area contributed by atoms with E-state index in [-0.39, 0.29) is 19.6 Å². The molecule has 1 fully saturated rings. The number of amides is 1. The van der Waals surface area contributed by atoms with Crippen LogP contribution in [0.4, 0.5) is 4.79 Å². The number of benzene rings is 1. The van der Waals surface area contributed by atoms with Crippen molar-refractivity contribution < 1.29 is 22.7 Å². The van der Waals surface area contributed by atoms with Gasteiger partial charge in [0, 0.05) is 26.7 Å². The molecule has 1 aliphatic rings. The smallest absolute Gasteiger partial charge is 0.410 e. The van der Waals surface area contributed by atoms with Gasteiger partial charge in [0.2, 0.25) is 10.0 Å². The van der Waals surface area contributed by atoms with Gasteiger partial charge in [0.25, 0.3) is 0 Å². The molecule has 25 heavy (non-hydrogen) atoms. The minimum absolute atomic E-state index is 0.157. The Hall–Kier alpha value is -1.80. The molecule has 1 aromatic carbocycles. The van der Waals surface area contributed by atoms with E-state index in [1.165, 1.54) is 9.21 Å². The van der Waals surface area contributed by atoms with Crippen molar-refractivity contribution in [2.24, 2.45) is 0 Å². The van der Waals surface area contributed by atoms with E-state index in [9.17, 15) is 13.2 Å². The highest BCUT2D eigenvalue weighted by Gasteiger charge is 2.43. The van der Waals surface area contributed by atoms with Crippen molar-refractivity contribution >= 4 is 16.1 Å². The number of rotatable bonds is 5. The summed E-state index contributed by atoms with van der Waals surface area (Å²) < 4.78 is 36.9. The lowest BCUT2D eigenvalue weighted by Crippen LogP contribution is -2.60. The molecule has 140 valence electrons. The van der Waals surface area contributed by atoms with Crippen molar-refractivity contribution in [3.63, 3.8) is 0 Å². The molecule has 0 N–H and O–H groups in total. The third kappa shape index (κ3) is 4.85. The van der Waals surface area contributed by atoms with Crippen LogP contribution in [-0.2, 0) is 21.3 Å². The number of ether oxygens (including phenoxy) is 2. The molecule has 0 saturated carbocycles. The largest absolute Gasteiger partial charge is 0.497 e. The van der Waals surface area contributed by atoms with Gasteiger partial charge in [-0.15, -0.1) is 0 Å². The summed E-state index contributed by atoms with van der Waals surface area (Å²) in [7, 11) is -0.340. The Morgan fingerprint density at radius 3 is 2.28 bits per heavy atom. The van der Waals surface area contributed by atoms with E-state index < -0.39 is 27.0 Å². The quantitative estimate of drug-likeness (QED) is 0.793. The third-order valence-electron chi connectivity index (χ3n) is 3.92. The van der Waals surface area contributed by atoms with Gasteiger partial charge in [0.05, 0.1) is 7.11 Å². The fourth-order valence-electron chi connectivity index (χ4n) is 2.43. The molecule has 1 aromatic rings. The zero-order chi connectivity index (χ0) is 18.8. The third-order valence-corrected chi connectivity index (χ3v) is 6.06. The molecule has 1 saturated heterocycles. The summed E-state index contributed by atoms with van der Waals surface area (Å²) in [5.41, 5.74) is 0.279. The van der Waals surface area contributed by atoms with Gasteiger partial charge in [-0.3, -0.25) is 0 Å². The summed E-state index contributed by atoms with van der Waals surface area (Å²) >= 11 is 0. The van der Waals surface area contributed by atoms with Crippen molar-refractivity contribution in [2.75, 3.05) is 27.2 Å². The van der Waals surface area contributed by atoms with Crippen LogP contribution >= 0.6 is 0 Å². The molecule has 1 amide bonds. The molecule has 0 aliphatic carbocycles. The first kappa shape index (κ1) is 19.5. The minimum Gasteiger partial charge on any atom is -0.497 e. The minimum atomic E-state index is -3.47. The molecule has 1 aliphatic heterocycles. The van der Waals surface area contributed by atoms with Crippen molar-refractivity contribution in [1.29, 1.82) is 0 Å². The Morgan fingerprint density at radius 2 is 1.80 bits per heavy atom. The molecule has 0 radical (unpaired) electrons. The summed E-state index contributed by atoms with van der Waals surface area (Å²) in [5, 5.41) is -0.594. The second kappa shape index (κ2) is 7.21. The first-order chi connectivity index (χ1) is 11.5. The van der Waals surface area contributed by atoms with Crippen LogP contribution in [0.5, 0.6) is 5.75 Å². The highest BCUT2D eigenvalue weighted by atomic mass is 32.2. The van der Waals surface area contributed by atoms with Crippen LogP contribution in [0.25, 0.3) is 0 Å². The number of nitrogens with zero attached hydrogens (tertiary/aromatic N) is 2. The van der Waals surface area contributed by atoms with Crippen molar-refractivity contribution in [3.8, 4) is 5.75 Å². The number of likely N-dealkylation sites (tertiary alicyclic amines) is 1. The Morgan fingerprint density at radius 1 is 1.24 bits per heavy atom. The lowest BCUT2D eigenvalue weighted by molar-refractivity contribution is 0.0136. The van der Waals surface area contributed by atoms with Gasteiger partial charge in [-0.05, 0) is 38.5 Å². The van der Waals surface area contributed by atoms with Gasteiger partial charge in [-0.2, -0.15) is 0 Å². The van der Waals surface area contributed by atoms with Gasteiger partial charge in [-0.1, -0.05) is 12.1 Å². The van der Waals surface area contributed by atoms with Crippen LogP contribution in [0.3, 0.4) is 0 Å². The average Bonchev–Trinajstić information content (AvgIpc) is 2.44. The maximum Gasteiger partial charge on any atom is 0.410 e. The van der Waals surface area contributed by atoms with Crippen LogP contribution in [0.15, 0.2) is 24.3 Å². The number of sulfonamides is 1. The normalized spacial score (nSPS) is 15.8. The molecule has 2 rings (SSSR count). The van der Waals surface area contributed by atoms with Gasteiger partial charge < -0.3 is 14.4 Å². The second-order valence-corrected chi connectivity index (χ2v) is 9.48. The second-order valence-electron chi connectivity index (χ2n) is 7.16. The van der Waals surface area contributed by atoms with E-state index in [4.69, 9.17) is 9.47 Å². The molecule has 8 heteroatoms. The summed E-state index contributed by atoms with van der Waals surface area (Å²) in [5.74, 6) is 0.723. The van der Waals surface area contributed by atoms with Gasteiger partial charge in [0.15, 0.2) is 0 Å². The first-order valence-electron chi connectivity index (χ1n) is 8.09. The number of hydrogen-bond acceptors (Lipinski definition) is 5. The highest BCUT2D eigenvalue weighted by molar-refractivity contribution is 7.89. The molecule has 1 heterocycles. The summed E-state index contributed by atoms with van der Waals surface area (Å²) in [6, 6.07) is 7.25. The van der Waals surface area contributed by atoms with E-state index in [2.05, 4.69) is 0 Å². The van der Waals surface area contributed by atoms with E-state index in [0.29, 0.717) is 0 Å². The molecular weight excluding hydrogens is 344 g/mol. The molecular formula is C17H26N2O5S. The van der Waals surface area contributed by atoms with E-state index in [1.807, 2.05) is 12.1 Å². The zero-order valence-electron chi connectivity index (χ0n) is 15.4. The van der Waals surface area contributed by atoms with Crippen LogP contribution in [0, 0.1) is 0 Å². The van der Waals surface area contributed by atoms with E-state index in [1.54, 1.807) is 47.1 Å². The van der Waals surface area contributed by atoms with Crippen molar-refractivity contribution in [1.82, 2.24) is 9.21 Å². The maximum atomic E-state index is 12.6. The predicted octanol–water partition coefficient (Wildman–Crippen LogP) is 2.08. The van der Waals surface area contributed by atoms with Crippen molar-refractivity contribution in [3.05, 3.63) is 29.8 Å². The van der Waals surface area contributed by atoms with Crippen molar-refractivity contribution in [2.45, 2.75) is 38.2 Å². The summed E-state index contributed by atoms with van der Waals surface area (Å²) in [6.45, 7) is 5.92. The predicted molar refractivity (Wildman–Crippen MR) is 95.0 cm³/mol. The SMILES string of the molecule is COc1ccc(CN(C)S(=O)(=O)C2CN(C(=O)OC(C)(C)C)C2)cc1. The number of carbonyl (C=O) groups is 1. The lowest BCUT2D eigenvalue weighted by Gasteiger charge is -2.40. The average molecular weight is 370 g/mol. The van der Waals surface area contributed by atoms with Crippen LogP contribution < -0.4 is 4.74 Å². The molecule has 0 spiro atoms. The lowest BCUT2D eigenvalue weighted by atomic mass is 10.2. The highest BCUT2D eigenvalue weighted by Crippen LogP contribution is 2.23.